The fourth-order valence-electron chi connectivity index (χ4n) is 5.24. The van der Waals surface area contributed by atoms with Crippen molar-refractivity contribution in [1.29, 1.82) is 0 Å². The molecular formula is C38H42Cl2F4N2O3PS2+. The van der Waals surface area contributed by atoms with Crippen molar-refractivity contribution in [3.63, 3.8) is 0 Å². The molecule has 0 aliphatic carbocycles. The van der Waals surface area contributed by atoms with E-state index in [9.17, 15) is 22.1 Å². The predicted molar refractivity (Wildman–Crippen MR) is 205 cm³/mol. The molecule has 4 rings (SSSR count). The van der Waals surface area contributed by atoms with E-state index in [4.69, 9.17) is 43.7 Å². The molecule has 0 saturated carbocycles. The number of hydrogen-bond acceptors (Lipinski definition) is 7. The van der Waals surface area contributed by atoms with Gasteiger partial charge in [-0.2, -0.15) is 0 Å². The van der Waals surface area contributed by atoms with Crippen molar-refractivity contribution >= 4 is 55.0 Å². The zero-order valence-corrected chi connectivity index (χ0v) is 32.8. The minimum Gasteiger partial charge on any atom is -0.323 e. The van der Waals surface area contributed by atoms with Gasteiger partial charge in [-0.15, -0.1) is 9.05 Å². The van der Waals surface area contributed by atoms with Crippen LogP contribution in [0.2, 0.25) is 10.0 Å². The molecule has 14 heteroatoms. The van der Waals surface area contributed by atoms with Crippen LogP contribution in [0.3, 0.4) is 0 Å². The summed E-state index contributed by atoms with van der Waals surface area (Å²) in [5.41, 5.74) is 13.2. The van der Waals surface area contributed by atoms with Crippen LogP contribution >= 0.6 is 55.0 Å². The molecule has 0 spiro atoms. The summed E-state index contributed by atoms with van der Waals surface area (Å²) in [5.74, 6) is 0. The van der Waals surface area contributed by atoms with Crippen LogP contribution in [0.4, 0.5) is 17.6 Å². The zero-order valence-electron chi connectivity index (χ0n) is 28.8. The highest BCUT2D eigenvalue weighted by Crippen LogP contribution is 2.36. The third kappa shape index (κ3) is 14.2. The van der Waals surface area contributed by atoms with Gasteiger partial charge in [-0.1, -0.05) is 83.1 Å². The minimum atomic E-state index is -2.53. The quantitative estimate of drug-likeness (QED) is 0.0678. The molecule has 5 nitrogen and oxygen atoms in total. The van der Waals surface area contributed by atoms with E-state index in [-0.39, 0.29) is 24.3 Å². The van der Waals surface area contributed by atoms with Crippen molar-refractivity contribution < 1.29 is 31.2 Å². The average molecular weight is 817 g/mol. The van der Waals surface area contributed by atoms with Gasteiger partial charge in [0.1, 0.15) is 13.2 Å². The molecule has 0 bridgehead atoms. The van der Waals surface area contributed by atoms with E-state index in [2.05, 4.69) is 0 Å². The molecule has 52 heavy (non-hydrogen) atoms. The standard InChI is InChI=1S/C38H42Cl2F4N2O3PS2/c1-37(45,17-5-9-25-13-15-31(21-33(25)39)51-29-11-3-7-27(19-29)35(41)42)23-48-50(47)49-24-38(2,46)18-6-10-26-14-16-32(22-34(26)40)52-30-12-4-8-28(20-30)36(43)44/h3-4,7-8,11-16,19-22,35-36H,5-6,9-10,17-18,23-24,45-46H2,1-2H3/q+1/t37-,38-/m1/s1. The van der Waals surface area contributed by atoms with Crippen LogP contribution in [0.15, 0.2) is 105 Å². The van der Waals surface area contributed by atoms with Gasteiger partial charge in [-0.05, 0) is 112 Å². The third-order valence-corrected chi connectivity index (χ3v) is 11.5. The number of hydrogen-bond donors (Lipinski definition) is 2. The first-order chi connectivity index (χ1) is 24.6. The fourth-order valence-corrected chi connectivity index (χ4v) is 8.64. The van der Waals surface area contributed by atoms with Crippen LogP contribution in [-0.4, -0.2) is 24.3 Å². The predicted octanol–water partition coefficient (Wildman–Crippen LogP) is 12.6. The summed E-state index contributed by atoms with van der Waals surface area (Å²) in [6.07, 6.45) is -1.16. The lowest BCUT2D eigenvalue weighted by molar-refractivity contribution is 0.150. The lowest BCUT2D eigenvalue weighted by Gasteiger charge is -2.22. The maximum atomic E-state index is 13.0. The fraction of sp³-hybridized carbons (Fsp3) is 0.368. The summed E-state index contributed by atoms with van der Waals surface area (Å²) in [7, 11) is -2.44. The Morgan fingerprint density at radius 3 is 1.40 bits per heavy atom. The topological polar surface area (TPSA) is 87.6 Å². The molecule has 280 valence electrons. The Labute approximate surface area is 322 Å². The first kappa shape index (κ1) is 42.6. The monoisotopic (exact) mass is 815 g/mol. The molecule has 0 fully saturated rings. The average Bonchev–Trinajstić information content (AvgIpc) is 3.08. The number of nitrogens with two attached hydrogens (primary N) is 2. The van der Waals surface area contributed by atoms with E-state index < -0.39 is 32.2 Å². The summed E-state index contributed by atoms with van der Waals surface area (Å²) in [4.78, 5) is 3.11. The highest BCUT2D eigenvalue weighted by molar-refractivity contribution is 7.99. The molecule has 4 N–H and O–H groups in total. The van der Waals surface area contributed by atoms with Crippen molar-refractivity contribution in [2.45, 2.75) is 95.9 Å². The van der Waals surface area contributed by atoms with Crippen LogP contribution in [0, 0.1) is 0 Å². The summed E-state index contributed by atoms with van der Waals surface area (Å²) >= 11 is 15.8. The molecule has 0 aromatic heterocycles. The van der Waals surface area contributed by atoms with Crippen molar-refractivity contribution in [3.8, 4) is 0 Å². The lowest BCUT2D eigenvalue weighted by Crippen LogP contribution is -2.41. The van der Waals surface area contributed by atoms with Crippen LogP contribution in [0.5, 0.6) is 0 Å². The summed E-state index contributed by atoms with van der Waals surface area (Å²) < 4.78 is 75.6. The van der Waals surface area contributed by atoms with Gasteiger partial charge in [-0.25, -0.2) is 17.6 Å². The molecule has 0 saturated heterocycles. The molecule has 4 aromatic rings. The molecular weight excluding hydrogens is 774 g/mol. The number of alkyl halides is 4. The van der Waals surface area contributed by atoms with Crippen molar-refractivity contribution in [3.05, 3.63) is 117 Å². The van der Waals surface area contributed by atoms with E-state index in [0.717, 1.165) is 20.9 Å². The van der Waals surface area contributed by atoms with Crippen LogP contribution in [-0.2, 0) is 26.5 Å². The molecule has 0 radical (unpaired) electrons. The Morgan fingerprint density at radius 2 is 1.04 bits per heavy atom. The lowest BCUT2D eigenvalue weighted by atomic mass is 9.95. The van der Waals surface area contributed by atoms with Gasteiger partial charge in [-0.3, -0.25) is 0 Å². The van der Waals surface area contributed by atoms with Crippen LogP contribution in [0.1, 0.15) is 74.6 Å². The largest absolute Gasteiger partial charge is 0.697 e. The zero-order chi connectivity index (χ0) is 37.9. The maximum absolute atomic E-state index is 13.0. The molecule has 0 unspecified atom stereocenters. The number of aryl methyl sites for hydroxylation is 2. The summed E-state index contributed by atoms with van der Waals surface area (Å²) in [6.45, 7) is 3.68. The summed E-state index contributed by atoms with van der Waals surface area (Å²) in [6, 6.07) is 23.9. The second-order valence-electron chi connectivity index (χ2n) is 13.2. The Morgan fingerprint density at radius 1 is 0.654 bits per heavy atom. The molecule has 4 aromatic carbocycles. The van der Waals surface area contributed by atoms with Gasteiger partial charge < -0.3 is 11.5 Å². The van der Waals surface area contributed by atoms with Crippen molar-refractivity contribution in [2.75, 3.05) is 13.2 Å². The van der Waals surface area contributed by atoms with E-state index in [1.807, 2.05) is 50.2 Å². The normalized spacial score (nSPS) is 14.1. The van der Waals surface area contributed by atoms with E-state index >= 15 is 0 Å². The van der Waals surface area contributed by atoms with Gasteiger partial charge in [0, 0.05) is 56.4 Å². The van der Waals surface area contributed by atoms with Crippen molar-refractivity contribution in [2.24, 2.45) is 11.5 Å². The maximum Gasteiger partial charge on any atom is 0.697 e. The first-order valence-electron chi connectivity index (χ1n) is 16.6. The first-order valence-corrected chi connectivity index (χ1v) is 20.1. The van der Waals surface area contributed by atoms with Gasteiger partial charge >= 0.3 is 8.25 Å². The Hall–Kier alpha value is -2.18. The molecule has 0 aliphatic rings. The van der Waals surface area contributed by atoms with Gasteiger partial charge in [0.2, 0.25) is 0 Å². The summed E-state index contributed by atoms with van der Waals surface area (Å²) in [5, 5.41) is 1.17. The van der Waals surface area contributed by atoms with Gasteiger partial charge in [0.15, 0.2) is 0 Å². The molecule has 2 atom stereocenters. The van der Waals surface area contributed by atoms with E-state index in [0.29, 0.717) is 58.4 Å². The highest BCUT2D eigenvalue weighted by Gasteiger charge is 2.31. The molecule has 0 heterocycles. The Balaban J connectivity index is 1.14. The highest BCUT2D eigenvalue weighted by atomic mass is 35.5. The number of rotatable bonds is 20. The van der Waals surface area contributed by atoms with Crippen LogP contribution in [0.25, 0.3) is 0 Å². The molecule has 0 amide bonds. The second kappa shape index (κ2) is 19.9. The SMILES string of the molecule is C[C@@](N)(CCCc1ccc(Sc2cccc(C(F)F)c2)cc1Cl)CO[P+](=O)OC[C@](C)(N)CCCc1ccc(Sc2cccc(C(F)F)c2)cc1Cl. The van der Waals surface area contributed by atoms with Gasteiger partial charge in [0.05, 0.1) is 0 Å². The van der Waals surface area contributed by atoms with Crippen molar-refractivity contribution in [1.82, 2.24) is 0 Å². The van der Waals surface area contributed by atoms with E-state index in [1.165, 1.54) is 47.8 Å². The minimum absolute atomic E-state index is 0.0224. The van der Waals surface area contributed by atoms with Crippen LogP contribution < -0.4 is 11.5 Å². The smallest absolute Gasteiger partial charge is 0.323 e. The Kier molecular flexibility index (Phi) is 16.3. The number of halogens is 6. The van der Waals surface area contributed by atoms with Gasteiger partial charge in [0.25, 0.3) is 12.9 Å². The second-order valence-corrected chi connectivity index (χ2v) is 17.3. The number of benzene rings is 4. The molecule has 0 aliphatic heterocycles. The third-order valence-electron chi connectivity index (χ3n) is 8.13. The Bertz CT molecular complexity index is 1680. The van der Waals surface area contributed by atoms with E-state index in [1.54, 1.807) is 24.3 Å².